The highest BCUT2D eigenvalue weighted by atomic mass is 32.2. The molecule has 2 aliphatic rings. The molecule has 0 aliphatic carbocycles. The van der Waals surface area contributed by atoms with Gasteiger partial charge in [0, 0.05) is 36.8 Å². The first-order valence-corrected chi connectivity index (χ1v) is 12.4. The van der Waals surface area contributed by atoms with Crippen LogP contribution in [0, 0.1) is 11.8 Å². The number of likely N-dealkylation sites (tertiary alicyclic amines) is 1. The van der Waals surface area contributed by atoms with Crippen molar-refractivity contribution in [2.75, 3.05) is 37.3 Å². The van der Waals surface area contributed by atoms with Gasteiger partial charge in [-0.05, 0) is 88.8 Å². The third kappa shape index (κ3) is 7.13. The molecule has 0 spiro atoms. The van der Waals surface area contributed by atoms with Crippen LogP contribution in [0.2, 0.25) is 0 Å². The molecule has 3 rings (SSSR count). The van der Waals surface area contributed by atoms with Crippen LogP contribution in [0.3, 0.4) is 0 Å². The topological polar surface area (TPSA) is 32.8 Å². The molecule has 0 saturated carbocycles. The van der Waals surface area contributed by atoms with Crippen molar-refractivity contribution in [1.29, 1.82) is 0 Å². The smallest absolute Gasteiger partial charge is 0.410 e. The Morgan fingerprint density at radius 3 is 1.86 bits per heavy atom. The zero-order valence-electron chi connectivity index (χ0n) is 19.2. The molecule has 2 heterocycles. The lowest BCUT2D eigenvalue weighted by Gasteiger charge is -2.41. The van der Waals surface area contributed by atoms with Crippen LogP contribution in [0.4, 0.5) is 10.5 Å². The van der Waals surface area contributed by atoms with Gasteiger partial charge in [0.15, 0.2) is 0 Å². The van der Waals surface area contributed by atoms with Crippen LogP contribution < -0.4 is 4.90 Å². The molecular formula is C24H40N2O2S. The van der Waals surface area contributed by atoms with Crippen molar-refractivity contribution in [2.45, 2.75) is 70.8 Å². The van der Waals surface area contributed by atoms with E-state index in [4.69, 9.17) is 4.74 Å². The first-order valence-electron chi connectivity index (χ1n) is 11.2. The van der Waals surface area contributed by atoms with Crippen molar-refractivity contribution in [2.24, 2.45) is 11.8 Å². The van der Waals surface area contributed by atoms with Crippen LogP contribution >= 0.6 is 11.8 Å². The van der Waals surface area contributed by atoms with Crippen LogP contribution in [-0.4, -0.2) is 49.0 Å². The molecule has 0 atom stereocenters. The van der Waals surface area contributed by atoms with Gasteiger partial charge in [-0.25, -0.2) is 4.79 Å². The molecule has 1 aromatic carbocycles. The van der Waals surface area contributed by atoms with Crippen molar-refractivity contribution in [1.82, 2.24) is 4.90 Å². The minimum Gasteiger partial charge on any atom is -0.444 e. The Morgan fingerprint density at radius 2 is 1.41 bits per heavy atom. The Balaban J connectivity index is 0.00000145. The number of ether oxygens (including phenoxy) is 1. The van der Waals surface area contributed by atoms with Gasteiger partial charge < -0.3 is 14.5 Å². The van der Waals surface area contributed by atoms with E-state index in [-0.39, 0.29) is 6.09 Å². The lowest BCUT2D eigenvalue weighted by Crippen LogP contribution is -2.44. The predicted molar refractivity (Wildman–Crippen MR) is 125 cm³/mol. The molecule has 1 aromatic rings. The second kappa shape index (κ2) is 11.1. The maximum Gasteiger partial charge on any atom is 0.410 e. The standard InChI is InChI=1S/C22H34N2O2S.C2H6/c1-22(2,3)26-21(25)24-15-11-18(12-16-24)17-9-13-23(14-10-17)19-5-7-20(27-4)8-6-19;1-2/h5-8,17-18H,9-16H2,1-4H3;1-2H3. The van der Waals surface area contributed by atoms with Crippen LogP contribution in [0.5, 0.6) is 0 Å². The van der Waals surface area contributed by atoms with Gasteiger partial charge in [0.05, 0.1) is 0 Å². The summed E-state index contributed by atoms with van der Waals surface area (Å²) in [6.45, 7) is 13.8. The first-order chi connectivity index (χ1) is 13.9. The van der Waals surface area contributed by atoms with Crippen LogP contribution in [0.25, 0.3) is 0 Å². The summed E-state index contributed by atoms with van der Waals surface area (Å²) in [5.74, 6) is 1.55. The molecule has 2 saturated heterocycles. The van der Waals surface area contributed by atoms with Gasteiger partial charge in [0.2, 0.25) is 0 Å². The molecule has 1 amide bonds. The Bertz CT molecular complexity index is 611. The Hall–Kier alpha value is -1.36. The number of carbonyl (C=O) groups is 1. The first kappa shape index (κ1) is 23.9. The van der Waals surface area contributed by atoms with Gasteiger partial charge in [0.25, 0.3) is 0 Å². The Kier molecular flexibility index (Phi) is 9.19. The number of piperidine rings is 2. The van der Waals surface area contributed by atoms with Crippen LogP contribution in [-0.2, 0) is 4.74 Å². The van der Waals surface area contributed by atoms with Gasteiger partial charge in [-0.1, -0.05) is 13.8 Å². The van der Waals surface area contributed by atoms with E-state index in [0.717, 1.165) is 50.9 Å². The fourth-order valence-corrected chi connectivity index (χ4v) is 4.71. The van der Waals surface area contributed by atoms with Crippen molar-refractivity contribution >= 4 is 23.5 Å². The zero-order valence-corrected chi connectivity index (χ0v) is 20.1. The average molecular weight is 421 g/mol. The highest BCUT2D eigenvalue weighted by Gasteiger charge is 2.32. The van der Waals surface area contributed by atoms with Crippen molar-refractivity contribution < 1.29 is 9.53 Å². The highest BCUT2D eigenvalue weighted by Crippen LogP contribution is 2.34. The molecule has 29 heavy (non-hydrogen) atoms. The van der Waals surface area contributed by atoms with E-state index < -0.39 is 5.60 Å². The number of carbonyl (C=O) groups excluding carboxylic acids is 1. The third-order valence-electron chi connectivity index (χ3n) is 5.84. The second-order valence-electron chi connectivity index (χ2n) is 8.83. The lowest BCUT2D eigenvalue weighted by molar-refractivity contribution is 0.0152. The molecule has 2 fully saturated rings. The molecule has 164 valence electrons. The minimum atomic E-state index is -0.408. The molecule has 4 nitrogen and oxygen atoms in total. The summed E-state index contributed by atoms with van der Waals surface area (Å²) in [5, 5.41) is 0. The summed E-state index contributed by atoms with van der Waals surface area (Å²) < 4.78 is 5.52. The molecule has 0 unspecified atom stereocenters. The molecule has 0 bridgehead atoms. The highest BCUT2D eigenvalue weighted by molar-refractivity contribution is 7.98. The van der Waals surface area contributed by atoms with E-state index in [1.54, 1.807) is 11.8 Å². The maximum absolute atomic E-state index is 12.2. The summed E-state index contributed by atoms with van der Waals surface area (Å²) in [4.78, 5) is 18.0. The predicted octanol–water partition coefficient (Wildman–Crippen LogP) is 6.30. The zero-order chi connectivity index (χ0) is 21.4. The van der Waals surface area contributed by atoms with Crippen molar-refractivity contribution in [3.8, 4) is 0 Å². The Labute approximate surface area is 182 Å². The molecule has 0 N–H and O–H groups in total. The summed E-state index contributed by atoms with van der Waals surface area (Å²) >= 11 is 1.79. The SMILES string of the molecule is CC.CSc1ccc(N2CCC(C3CCN(C(=O)OC(C)(C)C)CC3)CC2)cc1. The quantitative estimate of drug-likeness (QED) is 0.537. The van der Waals surface area contributed by atoms with Gasteiger partial charge >= 0.3 is 6.09 Å². The molecule has 0 radical (unpaired) electrons. The number of hydrogen-bond donors (Lipinski definition) is 0. The maximum atomic E-state index is 12.2. The Morgan fingerprint density at radius 1 is 0.931 bits per heavy atom. The number of hydrogen-bond acceptors (Lipinski definition) is 4. The number of nitrogens with zero attached hydrogens (tertiary/aromatic N) is 2. The van der Waals surface area contributed by atoms with Crippen LogP contribution in [0.15, 0.2) is 29.2 Å². The monoisotopic (exact) mass is 420 g/mol. The van der Waals surface area contributed by atoms with E-state index in [1.165, 1.54) is 23.4 Å². The fourth-order valence-electron chi connectivity index (χ4n) is 4.30. The second-order valence-corrected chi connectivity index (χ2v) is 9.71. The third-order valence-corrected chi connectivity index (χ3v) is 6.58. The van der Waals surface area contributed by atoms with E-state index in [1.807, 2.05) is 39.5 Å². The normalized spacial score (nSPS) is 18.8. The summed E-state index contributed by atoms with van der Waals surface area (Å²) in [6.07, 6.45) is 6.74. The number of anilines is 1. The summed E-state index contributed by atoms with van der Waals surface area (Å²) in [5.41, 5.74) is 0.945. The van der Waals surface area contributed by atoms with E-state index in [0.29, 0.717) is 0 Å². The molecule has 5 heteroatoms. The van der Waals surface area contributed by atoms with Gasteiger partial charge in [-0.3, -0.25) is 0 Å². The molecule has 2 aliphatic heterocycles. The molecule has 0 aromatic heterocycles. The molecular weight excluding hydrogens is 380 g/mol. The van der Waals surface area contributed by atoms with Gasteiger partial charge in [-0.15, -0.1) is 11.8 Å². The van der Waals surface area contributed by atoms with Crippen molar-refractivity contribution in [3.05, 3.63) is 24.3 Å². The van der Waals surface area contributed by atoms with Crippen LogP contribution in [0.1, 0.15) is 60.3 Å². The minimum absolute atomic E-state index is 0.149. The number of benzene rings is 1. The number of amides is 1. The summed E-state index contributed by atoms with van der Waals surface area (Å²) in [7, 11) is 0. The summed E-state index contributed by atoms with van der Waals surface area (Å²) in [6, 6.07) is 8.95. The largest absolute Gasteiger partial charge is 0.444 e. The average Bonchev–Trinajstić information content (AvgIpc) is 2.74. The number of thioether (sulfide) groups is 1. The van der Waals surface area contributed by atoms with Crippen molar-refractivity contribution in [3.63, 3.8) is 0 Å². The van der Waals surface area contributed by atoms with E-state index >= 15 is 0 Å². The van der Waals surface area contributed by atoms with E-state index in [2.05, 4.69) is 35.4 Å². The van der Waals surface area contributed by atoms with Gasteiger partial charge in [-0.2, -0.15) is 0 Å². The van der Waals surface area contributed by atoms with E-state index in [9.17, 15) is 4.79 Å². The fraction of sp³-hybridized carbons (Fsp3) is 0.708. The number of rotatable bonds is 3. The van der Waals surface area contributed by atoms with Gasteiger partial charge in [0.1, 0.15) is 5.60 Å². The lowest BCUT2D eigenvalue weighted by atomic mass is 9.79.